The fourth-order valence-corrected chi connectivity index (χ4v) is 4.28. The number of imide groups is 1. The molecule has 30 heavy (non-hydrogen) atoms. The van der Waals surface area contributed by atoms with Crippen molar-refractivity contribution in [3.63, 3.8) is 0 Å². The summed E-state index contributed by atoms with van der Waals surface area (Å²) in [7, 11) is 0. The fourth-order valence-electron chi connectivity index (χ4n) is 4.28. The Labute approximate surface area is 173 Å². The second kappa shape index (κ2) is 7.60. The molecule has 0 bridgehead atoms. The van der Waals surface area contributed by atoms with Crippen molar-refractivity contribution >= 4 is 17.5 Å². The van der Waals surface area contributed by atoms with Gasteiger partial charge in [0.15, 0.2) is 11.5 Å². The van der Waals surface area contributed by atoms with E-state index in [0.29, 0.717) is 24.6 Å². The van der Waals surface area contributed by atoms with Crippen LogP contribution in [0.15, 0.2) is 42.5 Å². The minimum absolute atomic E-state index is 0.145. The van der Waals surface area contributed by atoms with Crippen LogP contribution in [-0.2, 0) is 16.1 Å². The number of rotatable bonds is 4. The van der Waals surface area contributed by atoms with E-state index >= 15 is 0 Å². The zero-order chi connectivity index (χ0) is 20.7. The zero-order valence-corrected chi connectivity index (χ0v) is 16.4. The van der Waals surface area contributed by atoms with E-state index < -0.39 is 6.04 Å². The van der Waals surface area contributed by atoms with Gasteiger partial charge in [0.05, 0.1) is 19.0 Å². The van der Waals surface area contributed by atoms with Crippen LogP contribution in [0.1, 0.15) is 12.0 Å². The highest BCUT2D eigenvalue weighted by Gasteiger charge is 2.42. The van der Waals surface area contributed by atoms with Gasteiger partial charge < -0.3 is 14.4 Å². The maximum absolute atomic E-state index is 13.1. The highest BCUT2D eigenvalue weighted by molar-refractivity contribution is 6.05. The molecule has 0 saturated carbocycles. The predicted octanol–water partition coefficient (Wildman–Crippen LogP) is 2.00. The van der Waals surface area contributed by atoms with Crippen LogP contribution in [0.2, 0.25) is 0 Å². The summed E-state index contributed by atoms with van der Waals surface area (Å²) < 4.78 is 23.8. The maximum atomic E-state index is 13.1. The monoisotopic (exact) mass is 411 g/mol. The molecule has 2 amide bonds. The van der Waals surface area contributed by atoms with Crippen molar-refractivity contribution in [1.82, 2.24) is 9.80 Å². The topological polar surface area (TPSA) is 62.3 Å². The number of carbonyl (C=O) groups is 2. The van der Waals surface area contributed by atoms with E-state index in [-0.39, 0.29) is 37.4 Å². The van der Waals surface area contributed by atoms with E-state index in [1.807, 2.05) is 12.1 Å². The summed E-state index contributed by atoms with van der Waals surface area (Å²) in [5, 5.41) is 0. The molecule has 156 valence electrons. The summed E-state index contributed by atoms with van der Waals surface area (Å²) in [5.74, 6) is 0.765. The first-order valence-corrected chi connectivity index (χ1v) is 10.1. The molecule has 0 aliphatic carbocycles. The number of carbonyl (C=O) groups excluding carboxylic acids is 2. The second-order valence-corrected chi connectivity index (χ2v) is 7.73. The van der Waals surface area contributed by atoms with Crippen molar-refractivity contribution in [2.45, 2.75) is 19.0 Å². The molecule has 0 unspecified atom stereocenters. The van der Waals surface area contributed by atoms with Gasteiger partial charge in [-0.25, -0.2) is 4.39 Å². The van der Waals surface area contributed by atoms with Crippen LogP contribution in [0.4, 0.5) is 10.1 Å². The van der Waals surface area contributed by atoms with Gasteiger partial charge in [-0.15, -0.1) is 0 Å². The Morgan fingerprint density at radius 3 is 2.43 bits per heavy atom. The molecule has 2 fully saturated rings. The first-order chi connectivity index (χ1) is 14.6. The van der Waals surface area contributed by atoms with Gasteiger partial charge in [-0.05, 0) is 42.0 Å². The van der Waals surface area contributed by atoms with Gasteiger partial charge in [0.2, 0.25) is 18.6 Å². The van der Waals surface area contributed by atoms with Crippen molar-refractivity contribution in [3.05, 3.63) is 53.8 Å². The van der Waals surface area contributed by atoms with Crippen LogP contribution in [0.5, 0.6) is 11.5 Å². The molecule has 8 heteroatoms. The Balaban J connectivity index is 1.22. The van der Waals surface area contributed by atoms with Crippen molar-refractivity contribution in [3.8, 4) is 11.5 Å². The van der Waals surface area contributed by atoms with Crippen molar-refractivity contribution < 1.29 is 23.5 Å². The Kier molecular flexibility index (Phi) is 4.78. The molecule has 2 aromatic carbocycles. The number of hydrogen-bond acceptors (Lipinski definition) is 6. The van der Waals surface area contributed by atoms with Crippen LogP contribution in [-0.4, -0.2) is 60.6 Å². The van der Waals surface area contributed by atoms with Gasteiger partial charge >= 0.3 is 0 Å². The number of likely N-dealkylation sites (tertiary alicyclic amines) is 1. The minimum atomic E-state index is -0.415. The van der Waals surface area contributed by atoms with Crippen molar-refractivity contribution in [2.24, 2.45) is 0 Å². The molecule has 3 heterocycles. The van der Waals surface area contributed by atoms with Crippen molar-refractivity contribution in [2.75, 3.05) is 37.9 Å². The summed E-state index contributed by atoms with van der Waals surface area (Å²) in [6.07, 6.45) is 0.208. The van der Waals surface area contributed by atoms with Gasteiger partial charge in [0, 0.05) is 31.9 Å². The maximum Gasteiger partial charge on any atom is 0.247 e. The third-order valence-electron chi connectivity index (χ3n) is 5.94. The first kappa shape index (κ1) is 18.9. The van der Waals surface area contributed by atoms with Gasteiger partial charge in [-0.1, -0.05) is 6.07 Å². The van der Waals surface area contributed by atoms with Crippen molar-refractivity contribution in [1.29, 1.82) is 0 Å². The second-order valence-electron chi connectivity index (χ2n) is 7.73. The summed E-state index contributed by atoms with van der Waals surface area (Å²) in [5.41, 5.74) is 1.80. The highest BCUT2D eigenvalue weighted by atomic mass is 19.1. The summed E-state index contributed by atoms with van der Waals surface area (Å²) >= 11 is 0. The van der Waals surface area contributed by atoms with Gasteiger partial charge in [-0.3, -0.25) is 19.4 Å². The highest BCUT2D eigenvalue weighted by Crippen LogP contribution is 2.33. The lowest BCUT2D eigenvalue weighted by atomic mass is 10.1. The quantitative estimate of drug-likeness (QED) is 0.718. The number of benzene rings is 2. The first-order valence-electron chi connectivity index (χ1n) is 10.1. The van der Waals surface area contributed by atoms with Crippen LogP contribution < -0.4 is 14.4 Å². The van der Waals surface area contributed by atoms with E-state index in [4.69, 9.17) is 9.47 Å². The number of ether oxygens (including phenoxy) is 2. The summed E-state index contributed by atoms with van der Waals surface area (Å²) in [6.45, 7) is 3.24. The van der Waals surface area contributed by atoms with Gasteiger partial charge in [0.25, 0.3) is 0 Å². The van der Waals surface area contributed by atoms with Gasteiger partial charge in [0.1, 0.15) is 5.82 Å². The molecule has 0 N–H and O–H groups in total. The summed E-state index contributed by atoms with van der Waals surface area (Å²) in [4.78, 5) is 31.2. The molecule has 0 radical (unpaired) electrons. The van der Waals surface area contributed by atoms with Gasteiger partial charge in [-0.2, -0.15) is 0 Å². The number of amides is 2. The molecule has 0 spiro atoms. The summed E-state index contributed by atoms with van der Waals surface area (Å²) in [6, 6.07) is 11.5. The number of piperazine rings is 1. The molecule has 3 aliphatic rings. The van der Waals surface area contributed by atoms with E-state index in [2.05, 4.69) is 9.80 Å². The fraction of sp³-hybridized carbons (Fsp3) is 0.364. The average Bonchev–Trinajstić information content (AvgIpc) is 3.34. The van der Waals surface area contributed by atoms with Crippen LogP contribution in [0.3, 0.4) is 0 Å². The zero-order valence-electron chi connectivity index (χ0n) is 16.4. The lowest BCUT2D eigenvalue weighted by Gasteiger charge is -2.38. The number of fused-ring (bicyclic) bond motifs is 1. The smallest absolute Gasteiger partial charge is 0.247 e. The van der Waals surface area contributed by atoms with E-state index in [1.165, 1.54) is 17.0 Å². The number of halogens is 1. The Morgan fingerprint density at radius 1 is 0.933 bits per heavy atom. The molecular weight excluding hydrogens is 389 g/mol. The van der Waals surface area contributed by atoms with Crippen LogP contribution >= 0.6 is 0 Å². The predicted molar refractivity (Wildman–Crippen MR) is 107 cm³/mol. The molecule has 5 rings (SSSR count). The van der Waals surface area contributed by atoms with Crippen LogP contribution in [0.25, 0.3) is 0 Å². The minimum Gasteiger partial charge on any atom is -0.454 e. The molecule has 1 atom stereocenters. The number of nitrogens with zero attached hydrogens (tertiary/aromatic N) is 3. The molecule has 0 aromatic heterocycles. The average molecular weight is 411 g/mol. The molecule has 2 aromatic rings. The third-order valence-corrected chi connectivity index (χ3v) is 5.94. The number of anilines is 1. The molecule has 2 saturated heterocycles. The Hall–Kier alpha value is -3.13. The largest absolute Gasteiger partial charge is 0.454 e. The Morgan fingerprint density at radius 2 is 1.67 bits per heavy atom. The third kappa shape index (κ3) is 3.47. The standard InChI is InChI=1S/C22H22FN3O4/c23-16-2-4-17(5-3-16)24-7-9-25(10-8-24)18-12-21(27)26(22(18)28)13-15-1-6-19-20(11-15)30-14-29-19/h1-6,11,18H,7-10,12-14H2/t18-/m0/s1. The lowest BCUT2D eigenvalue weighted by molar-refractivity contribution is -0.140. The molecule has 7 nitrogen and oxygen atoms in total. The lowest BCUT2D eigenvalue weighted by Crippen LogP contribution is -2.52. The van der Waals surface area contributed by atoms with E-state index in [9.17, 15) is 14.0 Å². The Bertz CT molecular complexity index is 973. The molecular formula is C22H22FN3O4. The van der Waals surface area contributed by atoms with Crippen LogP contribution in [0, 0.1) is 5.82 Å². The number of hydrogen-bond donors (Lipinski definition) is 0. The SMILES string of the molecule is O=C1C[C@H](N2CCN(c3ccc(F)cc3)CC2)C(=O)N1Cc1ccc2c(c1)OCO2. The van der Waals surface area contributed by atoms with E-state index in [1.54, 1.807) is 18.2 Å². The van der Waals surface area contributed by atoms with E-state index in [0.717, 1.165) is 24.3 Å². The normalized spacial score (nSPS) is 21.6. The molecule has 3 aliphatic heterocycles.